The minimum atomic E-state index is 0.108. The molecule has 140 valence electrons. The van der Waals surface area contributed by atoms with E-state index in [0.717, 1.165) is 39.0 Å². The van der Waals surface area contributed by atoms with Gasteiger partial charge >= 0.3 is 0 Å². The first-order valence-electron chi connectivity index (χ1n) is 9.98. The standard InChI is InChI=1S/C19H37N3O2/c1-17(2)22(13-12-20-9-5-3-4-6-10-20)19(24)18-8-7-11-21(16-18)14-15-23/h17-18,23H,3-16H2,1-2H3/t18-/m1/s1. The van der Waals surface area contributed by atoms with Crippen LogP contribution in [0, 0.1) is 5.92 Å². The van der Waals surface area contributed by atoms with E-state index >= 15 is 0 Å². The Bertz CT molecular complexity index is 366. The highest BCUT2D eigenvalue weighted by Crippen LogP contribution is 2.20. The summed E-state index contributed by atoms with van der Waals surface area (Å²) < 4.78 is 0. The van der Waals surface area contributed by atoms with E-state index < -0.39 is 0 Å². The highest BCUT2D eigenvalue weighted by Gasteiger charge is 2.30. The predicted molar refractivity (Wildman–Crippen MR) is 98.0 cm³/mol. The van der Waals surface area contributed by atoms with Crippen LogP contribution in [0.1, 0.15) is 52.4 Å². The first-order valence-corrected chi connectivity index (χ1v) is 9.98. The van der Waals surface area contributed by atoms with Crippen LogP contribution in [0.3, 0.4) is 0 Å². The Hall–Kier alpha value is -0.650. The van der Waals surface area contributed by atoms with E-state index in [-0.39, 0.29) is 18.6 Å². The number of aliphatic hydroxyl groups is 1. The fourth-order valence-electron chi connectivity index (χ4n) is 4.07. The van der Waals surface area contributed by atoms with Crippen LogP contribution in [0.2, 0.25) is 0 Å². The lowest BCUT2D eigenvalue weighted by molar-refractivity contribution is -0.139. The molecule has 0 aliphatic carbocycles. The van der Waals surface area contributed by atoms with E-state index in [9.17, 15) is 4.79 Å². The topological polar surface area (TPSA) is 47.0 Å². The average Bonchev–Trinajstić information content (AvgIpc) is 2.84. The quantitative estimate of drug-likeness (QED) is 0.768. The molecule has 5 heteroatoms. The van der Waals surface area contributed by atoms with Gasteiger partial charge in [0.1, 0.15) is 0 Å². The first-order chi connectivity index (χ1) is 11.6. The summed E-state index contributed by atoms with van der Waals surface area (Å²) in [6, 6.07) is 0.262. The van der Waals surface area contributed by atoms with E-state index in [4.69, 9.17) is 5.11 Å². The summed E-state index contributed by atoms with van der Waals surface area (Å²) in [5.41, 5.74) is 0. The number of β-amino-alcohol motifs (C(OH)–C–C–N with tert-alkyl or cyclic N) is 1. The molecule has 2 aliphatic heterocycles. The van der Waals surface area contributed by atoms with Gasteiger partial charge in [-0.3, -0.25) is 4.79 Å². The van der Waals surface area contributed by atoms with Crippen LogP contribution in [0.25, 0.3) is 0 Å². The number of hydrogen-bond acceptors (Lipinski definition) is 4. The maximum absolute atomic E-state index is 13.0. The Morgan fingerprint density at radius 3 is 2.33 bits per heavy atom. The largest absolute Gasteiger partial charge is 0.395 e. The van der Waals surface area contributed by atoms with Crippen molar-refractivity contribution in [1.29, 1.82) is 0 Å². The summed E-state index contributed by atoms with van der Waals surface area (Å²) in [6.07, 6.45) is 7.36. The minimum Gasteiger partial charge on any atom is -0.395 e. The van der Waals surface area contributed by atoms with Crippen LogP contribution in [-0.2, 0) is 4.79 Å². The van der Waals surface area contributed by atoms with Gasteiger partial charge in [0, 0.05) is 32.2 Å². The summed E-state index contributed by atoms with van der Waals surface area (Å²) in [5, 5.41) is 9.15. The van der Waals surface area contributed by atoms with Gasteiger partial charge in [0.05, 0.1) is 12.5 Å². The number of likely N-dealkylation sites (tertiary alicyclic amines) is 2. The van der Waals surface area contributed by atoms with Gasteiger partial charge in [-0.05, 0) is 59.2 Å². The van der Waals surface area contributed by atoms with Crippen molar-refractivity contribution in [2.24, 2.45) is 5.92 Å². The van der Waals surface area contributed by atoms with Gasteiger partial charge in [-0.25, -0.2) is 0 Å². The van der Waals surface area contributed by atoms with E-state index in [1.54, 1.807) is 0 Å². The second kappa shape index (κ2) is 10.4. The van der Waals surface area contributed by atoms with E-state index in [0.29, 0.717) is 12.5 Å². The van der Waals surface area contributed by atoms with Crippen molar-refractivity contribution in [2.45, 2.75) is 58.4 Å². The fraction of sp³-hybridized carbons (Fsp3) is 0.947. The SMILES string of the molecule is CC(C)N(CCN1CCCCCC1)C(=O)[C@@H]1CCCN(CCO)C1. The van der Waals surface area contributed by atoms with Crippen molar-refractivity contribution in [1.82, 2.24) is 14.7 Å². The molecule has 0 unspecified atom stereocenters. The zero-order chi connectivity index (χ0) is 17.4. The van der Waals surface area contributed by atoms with Gasteiger partial charge in [0.15, 0.2) is 0 Å². The molecule has 2 rings (SSSR count). The van der Waals surface area contributed by atoms with Crippen LogP contribution in [0.15, 0.2) is 0 Å². The Kier molecular flexibility index (Phi) is 8.50. The summed E-state index contributed by atoms with van der Waals surface area (Å²) in [5.74, 6) is 0.430. The zero-order valence-electron chi connectivity index (χ0n) is 15.8. The van der Waals surface area contributed by atoms with E-state index in [2.05, 4.69) is 28.5 Å². The zero-order valence-corrected chi connectivity index (χ0v) is 15.8. The van der Waals surface area contributed by atoms with Crippen molar-refractivity contribution >= 4 is 5.91 Å². The molecule has 2 saturated heterocycles. The Labute approximate surface area is 148 Å². The molecule has 0 aromatic heterocycles. The molecule has 5 nitrogen and oxygen atoms in total. The van der Waals surface area contributed by atoms with Crippen LogP contribution in [-0.4, -0.2) is 84.2 Å². The predicted octanol–water partition coefficient (Wildman–Crippen LogP) is 1.80. The third-order valence-electron chi connectivity index (χ3n) is 5.53. The molecule has 2 fully saturated rings. The number of rotatable bonds is 7. The highest BCUT2D eigenvalue weighted by atomic mass is 16.3. The summed E-state index contributed by atoms with van der Waals surface area (Å²) >= 11 is 0. The van der Waals surface area contributed by atoms with Crippen molar-refractivity contribution in [3.63, 3.8) is 0 Å². The smallest absolute Gasteiger partial charge is 0.227 e. The molecule has 2 aliphatic rings. The third-order valence-corrected chi connectivity index (χ3v) is 5.53. The normalized spacial score (nSPS) is 24.1. The minimum absolute atomic E-state index is 0.108. The van der Waals surface area contributed by atoms with Crippen molar-refractivity contribution in [3.05, 3.63) is 0 Å². The summed E-state index contributed by atoms with van der Waals surface area (Å²) in [6.45, 7) is 11.2. The Morgan fingerprint density at radius 2 is 1.71 bits per heavy atom. The molecule has 0 spiro atoms. The molecular formula is C19H37N3O2. The first kappa shape index (κ1) is 19.7. The molecule has 0 radical (unpaired) electrons. The Morgan fingerprint density at radius 1 is 1.04 bits per heavy atom. The van der Waals surface area contributed by atoms with E-state index in [1.165, 1.54) is 38.8 Å². The second-order valence-electron chi connectivity index (χ2n) is 7.74. The fourth-order valence-corrected chi connectivity index (χ4v) is 4.07. The maximum Gasteiger partial charge on any atom is 0.227 e. The summed E-state index contributed by atoms with van der Waals surface area (Å²) in [4.78, 5) is 19.9. The van der Waals surface area contributed by atoms with Crippen LogP contribution in [0.5, 0.6) is 0 Å². The number of piperidine rings is 1. The molecule has 1 amide bonds. The molecule has 0 saturated carbocycles. The van der Waals surface area contributed by atoms with Gasteiger partial charge in [0.25, 0.3) is 0 Å². The third kappa shape index (κ3) is 6.01. The van der Waals surface area contributed by atoms with Crippen LogP contribution >= 0.6 is 0 Å². The lowest BCUT2D eigenvalue weighted by atomic mass is 9.96. The van der Waals surface area contributed by atoms with Gasteiger partial charge in [-0.1, -0.05) is 12.8 Å². The number of carbonyl (C=O) groups is 1. The van der Waals surface area contributed by atoms with E-state index in [1.807, 2.05) is 0 Å². The van der Waals surface area contributed by atoms with Crippen molar-refractivity contribution < 1.29 is 9.90 Å². The van der Waals surface area contributed by atoms with Gasteiger partial charge in [-0.15, -0.1) is 0 Å². The molecule has 0 aromatic rings. The molecule has 1 atom stereocenters. The molecule has 2 heterocycles. The van der Waals surface area contributed by atoms with Gasteiger partial charge < -0.3 is 19.8 Å². The lowest BCUT2D eigenvalue weighted by Gasteiger charge is -2.37. The summed E-state index contributed by atoms with van der Waals surface area (Å²) in [7, 11) is 0. The van der Waals surface area contributed by atoms with Crippen LogP contribution < -0.4 is 0 Å². The second-order valence-corrected chi connectivity index (χ2v) is 7.74. The molecule has 1 N–H and O–H groups in total. The molecule has 24 heavy (non-hydrogen) atoms. The van der Waals surface area contributed by atoms with Gasteiger partial charge in [0.2, 0.25) is 5.91 Å². The van der Waals surface area contributed by atoms with Crippen LogP contribution in [0.4, 0.5) is 0 Å². The number of carbonyl (C=O) groups excluding carboxylic acids is 1. The Balaban J connectivity index is 1.87. The number of aliphatic hydroxyl groups excluding tert-OH is 1. The molecular weight excluding hydrogens is 302 g/mol. The van der Waals surface area contributed by atoms with Gasteiger partial charge in [-0.2, -0.15) is 0 Å². The number of nitrogens with zero attached hydrogens (tertiary/aromatic N) is 3. The van der Waals surface area contributed by atoms with Crippen molar-refractivity contribution in [2.75, 3.05) is 52.4 Å². The molecule has 0 bridgehead atoms. The van der Waals surface area contributed by atoms with Crippen molar-refractivity contribution in [3.8, 4) is 0 Å². The highest BCUT2D eigenvalue weighted by molar-refractivity contribution is 5.79. The lowest BCUT2D eigenvalue weighted by Crippen LogP contribution is -2.49. The number of amides is 1. The maximum atomic E-state index is 13.0. The molecule has 0 aromatic carbocycles. The monoisotopic (exact) mass is 339 g/mol. The number of hydrogen-bond donors (Lipinski definition) is 1. The average molecular weight is 340 g/mol.